The van der Waals surface area contributed by atoms with Gasteiger partial charge in [0.25, 0.3) is 0 Å². The van der Waals surface area contributed by atoms with Crippen molar-refractivity contribution in [2.45, 2.75) is 0 Å². The molecular weight excluding hydrogens is 286 g/mol. The highest BCUT2D eigenvalue weighted by molar-refractivity contribution is 5.75. The number of aldehydes is 1. The molecule has 0 aromatic heterocycles. The van der Waals surface area contributed by atoms with Crippen molar-refractivity contribution in [3.8, 4) is 0 Å². The van der Waals surface area contributed by atoms with Gasteiger partial charge in [0.1, 0.15) is 13.0 Å². The minimum absolute atomic E-state index is 0.462. The zero-order valence-electron chi connectivity index (χ0n) is 12.7. The lowest BCUT2D eigenvalue weighted by molar-refractivity contribution is -0.00690. The van der Waals surface area contributed by atoms with Crippen LogP contribution in [0.1, 0.15) is 10.4 Å². The van der Waals surface area contributed by atoms with Crippen LogP contribution in [-0.4, -0.2) is 65.8 Å². The molecule has 0 radical (unpaired) electrons. The first-order valence-corrected chi connectivity index (χ1v) is 7.51. The Hall–Kier alpha value is -1.47. The summed E-state index contributed by atoms with van der Waals surface area (Å²) in [6.07, 6.45) is 0.837. The molecule has 0 bridgehead atoms. The van der Waals surface area contributed by atoms with Gasteiger partial charge in [-0.2, -0.15) is 0 Å². The minimum Gasteiger partial charge on any atom is -0.377 e. The zero-order chi connectivity index (χ0) is 15.5. The molecule has 1 aliphatic heterocycles. The summed E-state index contributed by atoms with van der Waals surface area (Å²) in [4.78, 5) is 12.8. The molecule has 0 unspecified atom stereocenters. The van der Waals surface area contributed by atoms with E-state index in [1.807, 2.05) is 12.1 Å². The lowest BCUT2D eigenvalue weighted by Crippen LogP contribution is -2.31. The molecule has 1 aliphatic rings. The van der Waals surface area contributed by atoms with Gasteiger partial charge in [0.05, 0.1) is 46.2 Å². The average Bonchev–Trinajstić information content (AvgIpc) is 2.57. The number of carbonyl (C=O) groups excluding carboxylic acids is 1. The highest BCUT2D eigenvalue weighted by Gasteiger charge is 2.07. The van der Waals surface area contributed by atoms with Gasteiger partial charge >= 0.3 is 0 Å². The summed E-state index contributed by atoms with van der Waals surface area (Å²) < 4.78 is 22.0. The zero-order valence-corrected chi connectivity index (χ0v) is 12.7. The summed E-state index contributed by atoms with van der Waals surface area (Å²) in [6.45, 7) is 5.15. The highest BCUT2D eigenvalue weighted by atomic mass is 16.6. The van der Waals surface area contributed by atoms with Crippen molar-refractivity contribution in [2.24, 2.45) is 0 Å². The number of rotatable bonds is 2. The van der Waals surface area contributed by atoms with Crippen LogP contribution in [0.2, 0.25) is 0 Å². The summed E-state index contributed by atoms with van der Waals surface area (Å²) in [5.41, 5.74) is 1.66. The van der Waals surface area contributed by atoms with Crippen molar-refractivity contribution in [3.63, 3.8) is 0 Å². The van der Waals surface area contributed by atoms with Crippen molar-refractivity contribution in [1.82, 2.24) is 0 Å². The summed E-state index contributed by atoms with van der Waals surface area (Å²) in [6, 6.07) is 7.42. The Kier molecular flexibility index (Phi) is 7.90. The first-order chi connectivity index (χ1) is 10.9. The van der Waals surface area contributed by atoms with E-state index in [4.69, 9.17) is 18.9 Å². The second kappa shape index (κ2) is 10.3. The van der Waals surface area contributed by atoms with Gasteiger partial charge in [0.2, 0.25) is 0 Å². The van der Waals surface area contributed by atoms with Crippen molar-refractivity contribution >= 4 is 12.0 Å². The number of ether oxygens (including phenoxy) is 4. The Bertz CT molecular complexity index is 409. The third-order valence-electron chi connectivity index (χ3n) is 3.26. The molecular formula is C16H23NO5. The lowest BCUT2D eigenvalue weighted by atomic mass is 10.2. The van der Waals surface area contributed by atoms with Gasteiger partial charge in [-0.1, -0.05) is 0 Å². The number of benzene rings is 1. The first-order valence-electron chi connectivity index (χ1n) is 7.51. The maximum absolute atomic E-state index is 10.7. The molecule has 6 nitrogen and oxygen atoms in total. The van der Waals surface area contributed by atoms with E-state index >= 15 is 0 Å². The van der Waals surface area contributed by atoms with Gasteiger partial charge in [-0.05, 0) is 24.3 Å². The Labute approximate surface area is 130 Å². The molecule has 1 saturated heterocycles. The van der Waals surface area contributed by atoms with Gasteiger partial charge in [-0.15, -0.1) is 0 Å². The molecule has 0 N–H and O–H groups in total. The van der Waals surface area contributed by atoms with Crippen molar-refractivity contribution in [3.05, 3.63) is 29.8 Å². The predicted molar refractivity (Wildman–Crippen MR) is 82.5 cm³/mol. The van der Waals surface area contributed by atoms with E-state index in [-0.39, 0.29) is 0 Å². The van der Waals surface area contributed by atoms with E-state index < -0.39 is 0 Å². The van der Waals surface area contributed by atoms with Crippen LogP contribution in [-0.2, 0) is 18.9 Å². The Morgan fingerprint density at radius 1 is 0.773 bits per heavy atom. The Balaban J connectivity index is 1.90. The van der Waals surface area contributed by atoms with Crippen LogP contribution in [0.5, 0.6) is 0 Å². The molecule has 122 valence electrons. The normalized spacial score (nSPS) is 19.4. The third-order valence-corrected chi connectivity index (χ3v) is 3.26. The van der Waals surface area contributed by atoms with Crippen molar-refractivity contribution < 1.29 is 23.7 Å². The van der Waals surface area contributed by atoms with Crippen LogP contribution >= 0.6 is 0 Å². The molecule has 1 aromatic rings. The Morgan fingerprint density at radius 3 is 1.91 bits per heavy atom. The number of hydrogen-bond donors (Lipinski definition) is 0. The molecule has 0 aliphatic carbocycles. The van der Waals surface area contributed by atoms with E-state index in [9.17, 15) is 4.79 Å². The molecule has 0 atom stereocenters. The summed E-state index contributed by atoms with van der Waals surface area (Å²) >= 11 is 0. The van der Waals surface area contributed by atoms with E-state index in [0.29, 0.717) is 65.1 Å². The van der Waals surface area contributed by atoms with Gasteiger partial charge in [0, 0.05) is 17.8 Å². The van der Waals surface area contributed by atoms with Crippen LogP contribution < -0.4 is 4.90 Å². The van der Waals surface area contributed by atoms with Crippen LogP contribution in [0.3, 0.4) is 0 Å². The third kappa shape index (κ3) is 6.11. The standard InChI is InChI=1S/C16H23NO5/c18-13-15-1-3-16(4-2-15)17-5-6-19-7-8-20-9-10-21-11-12-22-14-17/h1-4,13H,5-12,14H2. The van der Waals surface area contributed by atoms with Gasteiger partial charge in [0.15, 0.2) is 0 Å². The summed E-state index contributed by atoms with van der Waals surface area (Å²) in [5.74, 6) is 0. The second-order valence-electron chi connectivity index (χ2n) is 4.85. The smallest absolute Gasteiger partial charge is 0.150 e. The van der Waals surface area contributed by atoms with E-state index in [2.05, 4.69) is 4.90 Å². The topological polar surface area (TPSA) is 57.2 Å². The van der Waals surface area contributed by atoms with E-state index in [1.54, 1.807) is 12.1 Å². The number of hydrogen-bond acceptors (Lipinski definition) is 6. The molecule has 1 aromatic carbocycles. The van der Waals surface area contributed by atoms with Crippen LogP contribution in [0.15, 0.2) is 24.3 Å². The fourth-order valence-electron chi connectivity index (χ4n) is 2.04. The quantitative estimate of drug-likeness (QED) is 0.769. The fourth-order valence-corrected chi connectivity index (χ4v) is 2.04. The van der Waals surface area contributed by atoms with E-state index in [0.717, 1.165) is 12.0 Å². The summed E-state index contributed by atoms with van der Waals surface area (Å²) in [7, 11) is 0. The molecule has 0 saturated carbocycles. The second-order valence-corrected chi connectivity index (χ2v) is 4.85. The molecule has 2 rings (SSSR count). The molecule has 6 heteroatoms. The molecule has 0 spiro atoms. The average molecular weight is 309 g/mol. The SMILES string of the molecule is O=Cc1ccc(N2CCOCCOCCOCCOC2)cc1. The van der Waals surface area contributed by atoms with Crippen molar-refractivity contribution in [1.29, 1.82) is 0 Å². The van der Waals surface area contributed by atoms with Crippen molar-refractivity contribution in [2.75, 3.05) is 64.4 Å². The van der Waals surface area contributed by atoms with Gasteiger partial charge in [-0.25, -0.2) is 0 Å². The molecule has 0 amide bonds. The van der Waals surface area contributed by atoms with E-state index in [1.165, 1.54) is 0 Å². The minimum atomic E-state index is 0.462. The molecule has 22 heavy (non-hydrogen) atoms. The number of anilines is 1. The number of carbonyl (C=O) groups is 1. The number of nitrogens with zero attached hydrogens (tertiary/aromatic N) is 1. The van der Waals surface area contributed by atoms with Crippen LogP contribution in [0, 0.1) is 0 Å². The lowest BCUT2D eigenvalue weighted by Gasteiger charge is -2.25. The van der Waals surface area contributed by atoms with Crippen LogP contribution in [0.4, 0.5) is 5.69 Å². The Morgan fingerprint density at radius 2 is 1.32 bits per heavy atom. The molecule has 1 fully saturated rings. The fraction of sp³-hybridized carbons (Fsp3) is 0.562. The largest absolute Gasteiger partial charge is 0.377 e. The summed E-state index contributed by atoms with van der Waals surface area (Å²) in [5, 5.41) is 0. The maximum atomic E-state index is 10.7. The van der Waals surface area contributed by atoms with Gasteiger partial charge in [-0.3, -0.25) is 4.79 Å². The van der Waals surface area contributed by atoms with Gasteiger partial charge < -0.3 is 23.8 Å². The monoisotopic (exact) mass is 309 g/mol. The van der Waals surface area contributed by atoms with Crippen LogP contribution in [0.25, 0.3) is 0 Å². The first kappa shape index (κ1) is 16.9. The highest BCUT2D eigenvalue weighted by Crippen LogP contribution is 2.14. The maximum Gasteiger partial charge on any atom is 0.150 e. The molecule has 1 heterocycles. The predicted octanol–water partition coefficient (Wildman–Crippen LogP) is 1.34.